The van der Waals surface area contributed by atoms with Crippen molar-refractivity contribution in [3.8, 4) is 11.5 Å². The predicted molar refractivity (Wildman–Crippen MR) is 184 cm³/mol. The van der Waals surface area contributed by atoms with Gasteiger partial charge in [0, 0.05) is 17.5 Å². The first-order chi connectivity index (χ1) is 26.0. The first kappa shape index (κ1) is 46.4. The molecule has 56 heavy (non-hydrogen) atoms. The largest absolute Gasteiger partial charge is 0.492 e. The van der Waals surface area contributed by atoms with Crippen LogP contribution in [0, 0.1) is 5.41 Å². The number of hydrogen-bond donors (Lipinski definition) is 7. The van der Waals surface area contributed by atoms with E-state index in [0.29, 0.717) is 5.56 Å². The molecule has 1 aliphatic heterocycles. The van der Waals surface area contributed by atoms with Gasteiger partial charge in [0.05, 0.1) is 10.9 Å². The molecule has 0 amide bonds. The highest BCUT2D eigenvalue weighted by molar-refractivity contribution is 7.89. The SMILES string of the molecule is N=C(N)c1ccc(CC(=O)C(=O)O)c(OC[C@H](Cc2ccc(OC3CCNCC3)cc2)NS(=O)(=O)c2ccccc2)c1.O=C(O)C(F)(F)F.O=C(O)C(F)(F)F. The predicted octanol–water partition coefficient (Wildman–Crippen LogP) is 3.53. The van der Waals surface area contributed by atoms with Crippen LogP contribution in [-0.2, 0) is 42.0 Å². The Labute approximate surface area is 315 Å². The zero-order valence-electron chi connectivity index (χ0n) is 28.9. The molecule has 0 aromatic heterocycles. The molecule has 1 saturated heterocycles. The molecule has 0 unspecified atom stereocenters. The maximum Gasteiger partial charge on any atom is 0.490 e. The van der Waals surface area contributed by atoms with Gasteiger partial charge in [-0.15, -0.1) is 0 Å². The van der Waals surface area contributed by atoms with E-state index in [2.05, 4.69) is 10.0 Å². The van der Waals surface area contributed by atoms with E-state index in [4.69, 9.17) is 45.5 Å². The van der Waals surface area contributed by atoms with Gasteiger partial charge in [0.15, 0.2) is 0 Å². The summed E-state index contributed by atoms with van der Waals surface area (Å²) in [6.07, 6.45) is -8.36. The van der Waals surface area contributed by atoms with Gasteiger partial charge in [0.1, 0.15) is 30.0 Å². The summed E-state index contributed by atoms with van der Waals surface area (Å²) in [6, 6.07) is 19.0. The molecule has 0 bridgehead atoms. The number of rotatable bonds is 14. The molecule has 15 nitrogen and oxygen atoms in total. The molecular weight excluding hydrogens is 786 g/mol. The highest BCUT2D eigenvalue weighted by atomic mass is 32.2. The van der Waals surface area contributed by atoms with Gasteiger partial charge in [-0.3, -0.25) is 10.2 Å². The Morgan fingerprint density at radius 3 is 1.89 bits per heavy atom. The number of carbonyl (C=O) groups excluding carboxylic acids is 1. The lowest BCUT2D eigenvalue weighted by Gasteiger charge is -2.24. The number of benzene rings is 3. The number of hydrogen-bond acceptors (Lipinski definition) is 10. The number of piperidine rings is 1. The van der Waals surface area contributed by atoms with Crippen molar-refractivity contribution in [2.45, 2.75) is 55.1 Å². The number of sulfonamides is 1. The summed E-state index contributed by atoms with van der Waals surface area (Å²) in [4.78, 5) is 41.0. The van der Waals surface area contributed by atoms with Gasteiger partial charge in [-0.25, -0.2) is 27.5 Å². The molecule has 0 spiro atoms. The number of carbonyl (C=O) groups is 4. The summed E-state index contributed by atoms with van der Waals surface area (Å²) in [5.74, 6) is -7.52. The maximum atomic E-state index is 13.2. The summed E-state index contributed by atoms with van der Waals surface area (Å²) >= 11 is 0. The standard InChI is InChI=1S/C30H34N4O7S.2C2HF3O2/c31-29(32)22-9-8-21(17-27(35)30(36)37)28(18-22)40-19-23(34-42(38,39)26-4-2-1-3-5-26)16-20-6-10-24(11-7-20)41-25-12-14-33-15-13-25;2*3-2(4,5)1(6)7/h1-11,18,23,25,33-34H,12-17,19H2,(H3,31,32)(H,36,37);2*(H,6,7)/t23-;;/m0../s1. The molecule has 22 heteroatoms. The molecule has 3 aromatic carbocycles. The molecule has 0 saturated carbocycles. The third-order valence-electron chi connectivity index (χ3n) is 7.26. The van der Waals surface area contributed by atoms with Crippen LogP contribution in [-0.4, -0.2) is 97.5 Å². The van der Waals surface area contributed by atoms with Crippen molar-refractivity contribution in [2.24, 2.45) is 5.73 Å². The van der Waals surface area contributed by atoms with Crippen molar-refractivity contribution in [2.75, 3.05) is 19.7 Å². The summed E-state index contributed by atoms with van der Waals surface area (Å²) < 4.78 is 105. The fraction of sp³-hybridized carbons (Fsp3) is 0.324. The van der Waals surface area contributed by atoms with E-state index >= 15 is 0 Å². The van der Waals surface area contributed by atoms with E-state index in [0.717, 1.165) is 37.2 Å². The summed E-state index contributed by atoms with van der Waals surface area (Å²) in [7, 11) is -3.92. The molecule has 0 radical (unpaired) electrons. The normalized spacial score (nSPS) is 13.8. The lowest BCUT2D eigenvalue weighted by Crippen LogP contribution is -2.40. The second-order valence-corrected chi connectivity index (χ2v) is 13.3. The van der Waals surface area contributed by atoms with E-state index in [1.165, 1.54) is 30.3 Å². The molecule has 306 valence electrons. The third-order valence-corrected chi connectivity index (χ3v) is 8.80. The van der Waals surface area contributed by atoms with Crippen LogP contribution in [0.25, 0.3) is 0 Å². The second-order valence-electron chi connectivity index (χ2n) is 11.6. The fourth-order valence-electron chi connectivity index (χ4n) is 4.56. The Kier molecular flexibility index (Phi) is 17.2. The van der Waals surface area contributed by atoms with E-state index in [1.54, 1.807) is 18.2 Å². The van der Waals surface area contributed by atoms with Gasteiger partial charge in [-0.05, 0) is 68.2 Å². The first-order valence-corrected chi connectivity index (χ1v) is 17.5. The Bertz CT molecular complexity index is 1900. The van der Waals surface area contributed by atoms with Crippen LogP contribution in [0.3, 0.4) is 0 Å². The summed E-state index contributed by atoms with van der Waals surface area (Å²) in [6.45, 7) is 1.66. The number of Topliss-reactive ketones (excluding diaryl/α,β-unsaturated/α-hetero) is 1. The zero-order valence-corrected chi connectivity index (χ0v) is 29.7. The van der Waals surface area contributed by atoms with Gasteiger partial charge in [0.2, 0.25) is 15.8 Å². The number of nitrogens with two attached hydrogens (primary N) is 1. The monoisotopic (exact) mass is 822 g/mol. The number of carboxylic acids is 3. The van der Waals surface area contributed by atoms with Gasteiger partial charge in [-0.2, -0.15) is 26.3 Å². The fourth-order valence-corrected chi connectivity index (χ4v) is 5.80. The van der Waals surface area contributed by atoms with Crippen molar-refractivity contribution in [3.05, 3.63) is 89.5 Å². The van der Waals surface area contributed by atoms with Crippen molar-refractivity contribution >= 4 is 39.6 Å². The Morgan fingerprint density at radius 2 is 1.41 bits per heavy atom. The Morgan fingerprint density at radius 1 is 0.875 bits per heavy atom. The Balaban J connectivity index is 0.000000657. The molecule has 3 aromatic rings. The third kappa shape index (κ3) is 16.3. The average molecular weight is 823 g/mol. The lowest BCUT2D eigenvalue weighted by molar-refractivity contribution is -0.193. The minimum Gasteiger partial charge on any atom is -0.492 e. The van der Waals surface area contributed by atoms with Crippen molar-refractivity contribution in [1.82, 2.24) is 10.0 Å². The number of halogens is 6. The van der Waals surface area contributed by atoms with Gasteiger partial charge < -0.3 is 35.8 Å². The lowest BCUT2D eigenvalue weighted by atomic mass is 10.0. The average Bonchev–Trinajstić information content (AvgIpc) is 3.12. The number of ketones is 1. The van der Waals surface area contributed by atoms with E-state index < -0.39 is 58.5 Å². The van der Waals surface area contributed by atoms with Crippen molar-refractivity contribution in [3.63, 3.8) is 0 Å². The summed E-state index contributed by atoms with van der Waals surface area (Å²) in [5, 5.41) is 34.4. The number of amidine groups is 1. The number of carboxylic acid groups (broad SMARTS) is 3. The topological polar surface area (TPSA) is 255 Å². The van der Waals surface area contributed by atoms with Crippen molar-refractivity contribution < 1.29 is 78.7 Å². The van der Waals surface area contributed by atoms with Gasteiger partial charge in [-0.1, -0.05) is 42.5 Å². The van der Waals surface area contributed by atoms with Crippen LogP contribution in [0.5, 0.6) is 11.5 Å². The molecule has 1 aliphatic rings. The van der Waals surface area contributed by atoms with Crippen LogP contribution < -0.4 is 25.2 Å². The van der Waals surface area contributed by atoms with E-state index in [-0.39, 0.29) is 41.2 Å². The number of nitrogens with one attached hydrogen (secondary N) is 3. The number of aliphatic carboxylic acids is 3. The highest BCUT2D eigenvalue weighted by Crippen LogP contribution is 2.24. The molecule has 0 aliphatic carbocycles. The highest BCUT2D eigenvalue weighted by Gasteiger charge is 2.39. The minimum absolute atomic E-state index is 0.0899. The summed E-state index contributed by atoms with van der Waals surface area (Å²) in [5.41, 5.74) is 7.03. The van der Waals surface area contributed by atoms with E-state index in [9.17, 15) is 44.3 Å². The van der Waals surface area contributed by atoms with Crippen LogP contribution in [0.15, 0.2) is 77.7 Å². The molecule has 1 fully saturated rings. The Hall–Kier alpha value is -5.74. The molecule has 8 N–H and O–H groups in total. The number of ether oxygens (including phenoxy) is 2. The quantitative estimate of drug-likeness (QED) is 0.0532. The van der Waals surface area contributed by atoms with Gasteiger partial charge >= 0.3 is 30.3 Å². The number of alkyl halides is 6. The van der Waals surface area contributed by atoms with E-state index in [1.807, 2.05) is 24.3 Å². The maximum absolute atomic E-state index is 13.2. The molecule has 1 atom stereocenters. The second kappa shape index (κ2) is 20.8. The van der Waals surface area contributed by atoms with Crippen LogP contribution in [0.2, 0.25) is 0 Å². The molecular formula is C34H36F6N4O11S. The zero-order chi connectivity index (χ0) is 42.3. The van der Waals surface area contributed by atoms with Crippen molar-refractivity contribution in [1.29, 1.82) is 5.41 Å². The van der Waals surface area contributed by atoms with Crippen LogP contribution in [0.1, 0.15) is 29.5 Å². The first-order valence-electron chi connectivity index (χ1n) is 16.0. The molecule has 1 heterocycles. The van der Waals surface area contributed by atoms with Gasteiger partial charge in [0.25, 0.3) is 0 Å². The smallest absolute Gasteiger partial charge is 0.490 e. The minimum atomic E-state index is -5.08. The molecule has 4 rings (SSSR count). The van der Waals surface area contributed by atoms with Crippen LogP contribution in [0.4, 0.5) is 26.3 Å². The van der Waals surface area contributed by atoms with Crippen LogP contribution >= 0.6 is 0 Å². The number of nitrogen functional groups attached to an aromatic ring is 1.